The Morgan fingerprint density at radius 2 is 1.65 bits per heavy atom. The van der Waals surface area contributed by atoms with Crippen LogP contribution in [-0.4, -0.2) is 51.8 Å². The number of carboxylic acid groups (broad SMARTS) is 1. The van der Waals surface area contributed by atoms with Crippen LogP contribution in [0.3, 0.4) is 0 Å². The van der Waals surface area contributed by atoms with Crippen LogP contribution in [0, 0.1) is 0 Å². The molecular formula is C24H23F2N3O5. The number of alkyl halides is 2. The van der Waals surface area contributed by atoms with Crippen LogP contribution in [0.15, 0.2) is 48.5 Å². The minimum Gasteiger partial charge on any atom is -0.465 e. The summed E-state index contributed by atoms with van der Waals surface area (Å²) in [6, 6.07) is 13.0. The molecule has 0 bridgehead atoms. The van der Waals surface area contributed by atoms with Gasteiger partial charge in [-0.25, -0.2) is 18.4 Å². The number of nitrogens with one attached hydrogen (secondary N) is 2. The largest absolute Gasteiger partial charge is 0.465 e. The highest BCUT2D eigenvalue weighted by atomic mass is 19.3. The normalized spacial score (nSPS) is 18.6. The van der Waals surface area contributed by atoms with E-state index in [1.165, 1.54) is 0 Å². The second-order valence-corrected chi connectivity index (χ2v) is 8.58. The van der Waals surface area contributed by atoms with Gasteiger partial charge in [-0.2, -0.15) is 0 Å². The Morgan fingerprint density at radius 3 is 2.29 bits per heavy atom. The van der Waals surface area contributed by atoms with E-state index in [-0.39, 0.29) is 24.9 Å². The first-order valence-electron chi connectivity index (χ1n) is 10.8. The summed E-state index contributed by atoms with van der Waals surface area (Å²) in [6.07, 6.45) is -2.46. The average Bonchev–Trinajstić information content (AvgIpc) is 3.04. The van der Waals surface area contributed by atoms with E-state index in [0.29, 0.717) is 0 Å². The molecule has 2 fully saturated rings. The number of amides is 4. The molecule has 1 spiro atoms. The zero-order valence-corrected chi connectivity index (χ0v) is 18.1. The zero-order chi connectivity index (χ0) is 24.5. The number of hydrogen-bond donors (Lipinski definition) is 3. The lowest BCUT2D eigenvalue weighted by Gasteiger charge is -2.34. The smallest absolute Gasteiger partial charge is 0.404 e. The summed E-state index contributed by atoms with van der Waals surface area (Å²) in [7, 11) is 0. The predicted molar refractivity (Wildman–Crippen MR) is 117 cm³/mol. The molecule has 3 N–H and O–H groups in total. The van der Waals surface area contributed by atoms with Gasteiger partial charge in [0.1, 0.15) is 5.54 Å². The van der Waals surface area contributed by atoms with E-state index in [2.05, 4.69) is 10.6 Å². The molecular weight excluding hydrogens is 448 g/mol. The van der Waals surface area contributed by atoms with Crippen molar-refractivity contribution in [2.24, 2.45) is 0 Å². The van der Waals surface area contributed by atoms with Crippen LogP contribution in [0.25, 0.3) is 11.1 Å². The summed E-state index contributed by atoms with van der Waals surface area (Å²) < 4.78 is 27.1. The topological polar surface area (TPSA) is 116 Å². The number of ketones is 1. The number of rotatable bonds is 6. The van der Waals surface area contributed by atoms with Crippen LogP contribution in [0.5, 0.6) is 0 Å². The van der Waals surface area contributed by atoms with Crippen molar-refractivity contribution in [3.05, 3.63) is 59.7 Å². The van der Waals surface area contributed by atoms with Gasteiger partial charge < -0.3 is 15.7 Å². The molecule has 0 aromatic heterocycles. The molecule has 0 atom stereocenters. The van der Waals surface area contributed by atoms with Gasteiger partial charge in [-0.1, -0.05) is 48.5 Å². The summed E-state index contributed by atoms with van der Waals surface area (Å²) in [6.45, 7) is -0.368. The Balaban J connectivity index is 1.46. The van der Waals surface area contributed by atoms with Crippen molar-refractivity contribution in [2.45, 2.75) is 43.7 Å². The van der Waals surface area contributed by atoms with Gasteiger partial charge in [0.05, 0.1) is 6.54 Å². The maximum absolute atomic E-state index is 13.5. The van der Waals surface area contributed by atoms with Crippen molar-refractivity contribution in [3.63, 3.8) is 0 Å². The number of imide groups is 1. The Hall–Kier alpha value is -3.82. The first kappa shape index (κ1) is 23.3. The molecule has 2 aromatic rings. The summed E-state index contributed by atoms with van der Waals surface area (Å²) in [5, 5.41) is 13.7. The van der Waals surface area contributed by atoms with Gasteiger partial charge >= 0.3 is 12.1 Å². The lowest BCUT2D eigenvalue weighted by Crippen LogP contribution is -2.51. The van der Waals surface area contributed by atoms with Crippen LogP contribution in [0.2, 0.25) is 0 Å². The highest BCUT2D eigenvalue weighted by Gasteiger charge is 2.55. The standard InChI is InChI=1S/C24H23F2N3O5/c25-24(26)11-9-23(10-12-24)20(31)29(21(32)28-23)14-19(30)16-7-5-15(6-8-16)18-4-2-1-3-17(18)13-27-22(33)34/h1-8,27H,9-14H2,(H,28,32)(H,33,34). The van der Waals surface area contributed by atoms with E-state index in [4.69, 9.17) is 5.11 Å². The molecule has 34 heavy (non-hydrogen) atoms. The van der Waals surface area contributed by atoms with Crippen molar-refractivity contribution in [2.75, 3.05) is 6.54 Å². The third-order valence-corrected chi connectivity index (χ3v) is 6.35. The predicted octanol–water partition coefficient (Wildman–Crippen LogP) is 3.80. The van der Waals surface area contributed by atoms with Crippen molar-refractivity contribution in [1.82, 2.24) is 15.5 Å². The number of carbonyl (C=O) groups excluding carboxylic acids is 3. The summed E-state index contributed by atoms with van der Waals surface area (Å²) in [4.78, 5) is 49.6. The van der Waals surface area contributed by atoms with Crippen LogP contribution in [-0.2, 0) is 11.3 Å². The first-order chi connectivity index (χ1) is 16.1. The number of benzene rings is 2. The monoisotopic (exact) mass is 471 g/mol. The number of hydrogen-bond acceptors (Lipinski definition) is 4. The van der Waals surface area contributed by atoms with Crippen LogP contribution in [0.1, 0.15) is 41.6 Å². The van der Waals surface area contributed by atoms with Gasteiger partial charge in [0, 0.05) is 24.9 Å². The minimum absolute atomic E-state index is 0.117. The summed E-state index contributed by atoms with van der Waals surface area (Å²) >= 11 is 0. The maximum atomic E-state index is 13.5. The molecule has 0 unspecified atom stereocenters. The SMILES string of the molecule is O=C(O)NCc1ccccc1-c1ccc(C(=O)CN2C(=O)NC3(CCC(F)(F)CC3)C2=O)cc1. The number of halogens is 2. The maximum Gasteiger partial charge on any atom is 0.404 e. The molecule has 1 heterocycles. The summed E-state index contributed by atoms with van der Waals surface area (Å²) in [5.41, 5.74) is 1.22. The van der Waals surface area contributed by atoms with E-state index >= 15 is 0 Å². The highest BCUT2D eigenvalue weighted by Crippen LogP contribution is 2.41. The van der Waals surface area contributed by atoms with Gasteiger partial charge in [-0.05, 0) is 29.5 Å². The van der Waals surface area contributed by atoms with Gasteiger partial charge in [-0.15, -0.1) is 0 Å². The fraction of sp³-hybridized carbons (Fsp3) is 0.333. The number of carbonyl (C=O) groups is 4. The Kier molecular flexibility index (Phi) is 6.07. The average molecular weight is 471 g/mol. The molecule has 1 aliphatic heterocycles. The third-order valence-electron chi connectivity index (χ3n) is 6.35. The van der Waals surface area contributed by atoms with Crippen molar-refractivity contribution in [3.8, 4) is 11.1 Å². The quantitative estimate of drug-likeness (QED) is 0.438. The Labute approximate surface area is 193 Å². The molecule has 1 saturated carbocycles. The first-order valence-corrected chi connectivity index (χ1v) is 10.8. The summed E-state index contributed by atoms with van der Waals surface area (Å²) in [5.74, 6) is -3.96. The van der Waals surface area contributed by atoms with E-state index in [9.17, 15) is 28.0 Å². The van der Waals surface area contributed by atoms with Gasteiger partial charge in [0.25, 0.3) is 5.91 Å². The molecule has 2 aromatic carbocycles. The van der Waals surface area contributed by atoms with Crippen molar-refractivity contribution >= 4 is 23.8 Å². The van der Waals surface area contributed by atoms with Crippen LogP contribution in [0.4, 0.5) is 18.4 Å². The van der Waals surface area contributed by atoms with E-state index < -0.39 is 54.7 Å². The molecule has 4 amide bonds. The van der Waals surface area contributed by atoms with E-state index in [1.54, 1.807) is 36.4 Å². The molecule has 8 nitrogen and oxygen atoms in total. The second-order valence-electron chi connectivity index (χ2n) is 8.58. The number of urea groups is 1. The lowest BCUT2D eigenvalue weighted by atomic mass is 9.80. The highest BCUT2D eigenvalue weighted by molar-refractivity contribution is 6.11. The molecule has 1 aliphatic carbocycles. The van der Waals surface area contributed by atoms with E-state index in [1.807, 2.05) is 12.1 Å². The second kappa shape index (κ2) is 8.85. The van der Waals surface area contributed by atoms with Crippen molar-refractivity contribution in [1.29, 1.82) is 0 Å². The van der Waals surface area contributed by atoms with Crippen LogP contribution < -0.4 is 10.6 Å². The molecule has 1 saturated heterocycles. The molecule has 178 valence electrons. The minimum atomic E-state index is -2.86. The van der Waals surface area contributed by atoms with E-state index in [0.717, 1.165) is 21.6 Å². The fourth-order valence-corrected chi connectivity index (χ4v) is 4.40. The number of nitrogens with zero attached hydrogens (tertiary/aromatic N) is 1. The number of Topliss-reactive ketones (excluding diaryl/α,β-unsaturated/α-hetero) is 1. The van der Waals surface area contributed by atoms with Gasteiger partial charge in [0.2, 0.25) is 5.92 Å². The molecule has 10 heteroatoms. The Bertz CT molecular complexity index is 1140. The Morgan fingerprint density at radius 1 is 1.00 bits per heavy atom. The molecule has 2 aliphatic rings. The fourth-order valence-electron chi connectivity index (χ4n) is 4.40. The van der Waals surface area contributed by atoms with Crippen LogP contribution >= 0.6 is 0 Å². The van der Waals surface area contributed by atoms with Crippen molar-refractivity contribution < 1.29 is 33.1 Å². The third kappa shape index (κ3) is 4.61. The van der Waals surface area contributed by atoms with Gasteiger partial charge in [-0.3, -0.25) is 14.5 Å². The zero-order valence-electron chi connectivity index (χ0n) is 18.1. The van der Waals surface area contributed by atoms with Gasteiger partial charge in [0.15, 0.2) is 5.78 Å². The molecule has 4 rings (SSSR count). The molecule has 0 radical (unpaired) electrons. The lowest BCUT2D eigenvalue weighted by molar-refractivity contribution is -0.135.